The molecule has 0 aromatic heterocycles. The van der Waals surface area contributed by atoms with Crippen molar-refractivity contribution in [2.75, 3.05) is 19.7 Å². The Balaban J connectivity index is 1.95. The highest BCUT2D eigenvalue weighted by atomic mass is 19.1. The van der Waals surface area contributed by atoms with Crippen molar-refractivity contribution in [2.45, 2.75) is 46.1 Å². The predicted octanol–water partition coefficient (Wildman–Crippen LogP) is 3.34. The molecule has 1 heterocycles. The van der Waals surface area contributed by atoms with E-state index in [0.29, 0.717) is 18.1 Å². The molecule has 0 bridgehead atoms. The number of amides is 1. The molecule has 1 aliphatic rings. The highest BCUT2D eigenvalue weighted by molar-refractivity contribution is 5.84. The minimum atomic E-state index is -0.764. The molecule has 0 radical (unpaired) electrons. The van der Waals surface area contributed by atoms with Gasteiger partial charge in [0.15, 0.2) is 0 Å². The average molecular weight is 307 g/mol. The van der Waals surface area contributed by atoms with Crippen molar-refractivity contribution in [3.05, 3.63) is 35.1 Å². The van der Waals surface area contributed by atoms with Crippen LogP contribution < -0.4 is 0 Å². The lowest BCUT2D eigenvalue weighted by Gasteiger charge is -2.29. The summed E-state index contributed by atoms with van der Waals surface area (Å²) in [6, 6.07) is 5.41. The molecule has 0 saturated carbocycles. The second-order valence-electron chi connectivity index (χ2n) is 6.64. The van der Waals surface area contributed by atoms with Gasteiger partial charge < -0.3 is 9.64 Å². The SMILES string of the molecule is CCOC(C)(C)C(=O)N1CCC(Cc2ccc(C)c(F)c2)C1. The van der Waals surface area contributed by atoms with E-state index in [-0.39, 0.29) is 11.7 Å². The summed E-state index contributed by atoms with van der Waals surface area (Å²) in [5.41, 5.74) is 0.913. The van der Waals surface area contributed by atoms with Gasteiger partial charge in [-0.05, 0) is 63.6 Å². The average Bonchev–Trinajstić information content (AvgIpc) is 2.90. The minimum absolute atomic E-state index is 0.0481. The Morgan fingerprint density at radius 3 is 2.82 bits per heavy atom. The van der Waals surface area contributed by atoms with Gasteiger partial charge >= 0.3 is 0 Å². The maximum atomic E-state index is 13.6. The summed E-state index contributed by atoms with van der Waals surface area (Å²) < 4.78 is 19.2. The predicted molar refractivity (Wildman–Crippen MR) is 85.2 cm³/mol. The van der Waals surface area contributed by atoms with Crippen LogP contribution in [0.5, 0.6) is 0 Å². The zero-order chi connectivity index (χ0) is 16.3. The van der Waals surface area contributed by atoms with E-state index < -0.39 is 5.60 Å². The summed E-state index contributed by atoms with van der Waals surface area (Å²) in [7, 11) is 0. The van der Waals surface area contributed by atoms with Gasteiger partial charge in [0.05, 0.1) is 0 Å². The molecule has 1 atom stereocenters. The van der Waals surface area contributed by atoms with E-state index in [0.717, 1.165) is 31.5 Å². The lowest BCUT2D eigenvalue weighted by molar-refractivity contribution is -0.152. The van der Waals surface area contributed by atoms with E-state index in [1.54, 1.807) is 13.0 Å². The monoisotopic (exact) mass is 307 g/mol. The first-order valence-corrected chi connectivity index (χ1v) is 8.02. The van der Waals surface area contributed by atoms with Gasteiger partial charge in [-0.1, -0.05) is 12.1 Å². The number of halogens is 1. The summed E-state index contributed by atoms with van der Waals surface area (Å²) in [5.74, 6) is 0.288. The molecule has 1 unspecified atom stereocenters. The smallest absolute Gasteiger partial charge is 0.254 e. The third-order valence-electron chi connectivity index (χ3n) is 4.35. The number of aryl methyl sites for hydroxylation is 1. The van der Waals surface area contributed by atoms with Crippen LogP contribution in [0.4, 0.5) is 4.39 Å². The first-order valence-electron chi connectivity index (χ1n) is 8.02. The van der Waals surface area contributed by atoms with E-state index >= 15 is 0 Å². The number of rotatable bonds is 5. The number of benzene rings is 1. The second kappa shape index (κ2) is 6.78. The maximum absolute atomic E-state index is 13.6. The molecule has 0 N–H and O–H groups in total. The molecule has 1 aliphatic heterocycles. The van der Waals surface area contributed by atoms with Gasteiger partial charge in [0.1, 0.15) is 11.4 Å². The fraction of sp³-hybridized carbons (Fsp3) is 0.611. The summed E-state index contributed by atoms with van der Waals surface area (Å²) in [5, 5.41) is 0. The number of carbonyl (C=O) groups is 1. The van der Waals surface area contributed by atoms with Crippen LogP contribution in [0.1, 0.15) is 38.3 Å². The van der Waals surface area contributed by atoms with E-state index in [4.69, 9.17) is 4.74 Å². The third-order valence-corrected chi connectivity index (χ3v) is 4.35. The van der Waals surface area contributed by atoms with E-state index in [9.17, 15) is 9.18 Å². The van der Waals surface area contributed by atoms with Crippen molar-refractivity contribution >= 4 is 5.91 Å². The van der Waals surface area contributed by atoms with Crippen molar-refractivity contribution in [2.24, 2.45) is 5.92 Å². The molecule has 1 saturated heterocycles. The number of likely N-dealkylation sites (tertiary alicyclic amines) is 1. The topological polar surface area (TPSA) is 29.5 Å². The number of nitrogens with zero attached hydrogens (tertiary/aromatic N) is 1. The molecule has 122 valence electrons. The maximum Gasteiger partial charge on any atom is 0.254 e. The van der Waals surface area contributed by atoms with Gasteiger partial charge in [-0.2, -0.15) is 0 Å². The number of hydrogen-bond donors (Lipinski definition) is 0. The molecule has 22 heavy (non-hydrogen) atoms. The second-order valence-corrected chi connectivity index (χ2v) is 6.64. The molecule has 3 nitrogen and oxygen atoms in total. The Hall–Kier alpha value is -1.42. The highest BCUT2D eigenvalue weighted by Gasteiger charge is 2.36. The highest BCUT2D eigenvalue weighted by Crippen LogP contribution is 2.25. The summed E-state index contributed by atoms with van der Waals surface area (Å²) in [6.07, 6.45) is 1.78. The van der Waals surface area contributed by atoms with Gasteiger partial charge in [-0.15, -0.1) is 0 Å². The minimum Gasteiger partial charge on any atom is -0.366 e. The first kappa shape index (κ1) is 16.9. The van der Waals surface area contributed by atoms with Gasteiger partial charge in [-0.25, -0.2) is 4.39 Å². The fourth-order valence-corrected chi connectivity index (χ4v) is 3.08. The molecule has 1 amide bonds. The van der Waals surface area contributed by atoms with Crippen molar-refractivity contribution in [3.8, 4) is 0 Å². The summed E-state index contributed by atoms with van der Waals surface area (Å²) >= 11 is 0. The van der Waals surface area contributed by atoms with Crippen molar-refractivity contribution in [3.63, 3.8) is 0 Å². The zero-order valence-corrected chi connectivity index (χ0v) is 14.0. The van der Waals surface area contributed by atoms with Crippen LogP contribution in [-0.4, -0.2) is 36.1 Å². The van der Waals surface area contributed by atoms with Crippen molar-refractivity contribution in [1.29, 1.82) is 0 Å². The molecule has 4 heteroatoms. The van der Waals surface area contributed by atoms with Crippen molar-refractivity contribution < 1.29 is 13.9 Å². The van der Waals surface area contributed by atoms with Crippen LogP contribution in [0.3, 0.4) is 0 Å². The molecule has 1 aromatic carbocycles. The first-order chi connectivity index (χ1) is 10.3. The molecule has 1 fully saturated rings. The number of ether oxygens (including phenoxy) is 1. The summed E-state index contributed by atoms with van der Waals surface area (Å²) in [4.78, 5) is 14.4. The molecule has 0 aliphatic carbocycles. The van der Waals surface area contributed by atoms with Crippen LogP contribution >= 0.6 is 0 Å². The normalized spacial score (nSPS) is 18.8. The van der Waals surface area contributed by atoms with Crippen LogP contribution in [-0.2, 0) is 16.0 Å². The van der Waals surface area contributed by atoms with Crippen LogP contribution in [0, 0.1) is 18.7 Å². The Morgan fingerprint density at radius 2 is 2.18 bits per heavy atom. The van der Waals surface area contributed by atoms with Gasteiger partial charge in [-0.3, -0.25) is 4.79 Å². The Bertz CT molecular complexity index is 542. The number of hydrogen-bond acceptors (Lipinski definition) is 2. The molecular formula is C18H26FNO2. The molecule has 2 rings (SSSR count). The van der Waals surface area contributed by atoms with Crippen LogP contribution in [0.2, 0.25) is 0 Å². The van der Waals surface area contributed by atoms with Gasteiger partial charge in [0.2, 0.25) is 0 Å². The quantitative estimate of drug-likeness (QED) is 0.835. The van der Waals surface area contributed by atoms with E-state index in [2.05, 4.69) is 0 Å². The van der Waals surface area contributed by atoms with Gasteiger partial charge in [0.25, 0.3) is 5.91 Å². The summed E-state index contributed by atoms with van der Waals surface area (Å²) in [6.45, 7) is 9.32. The Morgan fingerprint density at radius 1 is 1.45 bits per heavy atom. The van der Waals surface area contributed by atoms with Gasteiger partial charge in [0, 0.05) is 19.7 Å². The lowest BCUT2D eigenvalue weighted by atomic mass is 9.98. The Labute approximate surface area is 132 Å². The Kier molecular flexibility index (Phi) is 5.22. The largest absolute Gasteiger partial charge is 0.366 e. The molecule has 0 spiro atoms. The third kappa shape index (κ3) is 3.86. The fourth-order valence-electron chi connectivity index (χ4n) is 3.08. The molecular weight excluding hydrogens is 281 g/mol. The molecule has 1 aromatic rings. The lowest BCUT2D eigenvalue weighted by Crippen LogP contribution is -2.46. The zero-order valence-electron chi connectivity index (χ0n) is 14.0. The van der Waals surface area contributed by atoms with Crippen molar-refractivity contribution in [1.82, 2.24) is 4.90 Å². The van der Waals surface area contributed by atoms with Crippen LogP contribution in [0.25, 0.3) is 0 Å². The van der Waals surface area contributed by atoms with E-state index in [1.807, 2.05) is 37.8 Å². The van der Waals surface area contributed by atoms with Crippen LogP contribution in [0.15, 0.2) is 18.2 Å². The van der Waals surface area contributed by atoms with E-state index in [1.165, 1.54) is 0 Å². The standard InChI is InChI=1S/C18H26FNO2/c1-5-22-18(3,4)17(21)20-9-8-15(12-20)10-14-7-6-13(2)16(19)11-14/h6-7,11,15H,5,8-10,12H2,1-4H3. The number of carbonyl (C=O) groups excluding carboxylic acids is 1.